The highest BCUT2D eigenvalue weighted by Crippen LogP contribution is 2.25. The molecule has 0 saturated carbocycles. The number of hydrogen-bond donors (Lipinski definition) is 0. The Morgan fingerprint density at radius 1 is 0.853 bits per heavy atom. The Balaban J connectivity index is 1.14. The maximum atomic E-state index is 12.9. The topological polar surface area (TPSA) is 53.1 Å². The van der Waals surface area contributed by atoms with Crippen LogP contribution in [-0.4, -0.2) is 72.4 Å². The molecule has 6 nitrogen and oxygen atoms in total. The number of benzene rings is 2. The van der Waals surface area contributed by atoms with Gasteiger partial charge in [-0.2, -0.15) is 0 Å². The number of ether oxygens (including phenoxy) is 1. The second kappa shape index (κ2) is 12.1. The number of rotatable bonds is 8. The molecule has 34 heavy (non-hydrogen) atoms. The normalized spacial score (nSPS) is 18.1. The molecule has 2 aliphatic heterocycles. The molecule has 0 radical (unpaired) electrons. The molecule has 2 fully saturated rings. The van der Waals surface area contributed by atoms with Gasteiger partial charge in [0.2, 0.25) is 11.8 Å². The van der Waals surface area contributed by atoms with Gasteiger partial charge < -0.3 is 19.4 Å². The monoisotopic (exact) mass is 463 g/mol. The number of carbonyl (C=O) groups is 2. The number of nitrogens with zero attached hydrogens (tertiary/aromatic N) is 3. The first-order valence-electron chi connectivity index (χ1n) is 12.5. The van der Waals surface area contributed by atoms with Crippen molar-refractivity contribution >= 4 is 11.8 Å². The predicted octanol–water partition coefficient (Wildman–Crippen LogP) is 3.56. The number of hydrogen-bond acceptors (Lipinski definition) is 4. The molecule has 0 atom stereocenters. The summed E-state index contributed by atoms with van der Waals surface area (Å²) in [5, 5.41) is 0. The van der Waals surface area contributed by atoms with Crippen LogP contribution in [0.4, 0.5) is 0 Å². The van der Waals surface area contributed by atoms with Crippen LogP contribution in [0.3, 0.4) is 0 Å². The second-order valence-corrected chi connectivity index (χ2v) is 9.58. The maximum absolute atomic E-state index is 12.9. The molecule has 0 N–H and O–H groups in total. The van der Waals surface area contributed by atoms with Crippen molar-refractivity contribution in [2.75, 3.05) is 39.8 Å². The average molecular weight is 464 g/mol. The summed E-state index contributed by atoms with van der Waals surface area (Å²) in [4.78, 5) is 31.8. The lowest BCUT2D eigenvalue weighted by Crippen LogP contribution is -2.50. The van der Waals surface area contributed by atoms with Gasteiger partial charge >= 0.3 is 0 Å². The minimum absolute atomic E-state index is 0.0835. The van der Waals surface area contributed by atoms with E-state index in [-0.39, 0.29) is 24.3 Å². The number of carbonyl (C=O) groups excluding carboxylic acids is 2. The van der Waals surface area contributed by atoms with Crippen molar-refractivity contribution in [1.29, 1.82) is 0 Å². The Hall–Kier alpha value is -2.70. The van der Waals surface area contributed by atoms with Crippen molar-refractivity contribution < 1.29 is 14.3 Å². The van der Waals surface area contributed by atoms with Gasteiger partial charge in [-0.1, -0.05) is 60.7 Å². The van der Waals surface area contributed by atoms with Gasteiger partial charge in [0.15, 0.2) is 0 Å². The summed E-state index contributed by atoms with van der Waals surface area (Å²) in [6.07, 6.45) is 3.84. The van der Waals surface area contributed by atoms with E-state index in [1.54, 1.807) is 0 Å². The highest BCUT2D eigenvalue weighted by Gasteiger charge is 2.32. The summed E-state index contributed by atoms with van der Waals surface area (Å²) in [6.45, 7) is 4.79. The molecule has 0 unspecified atom stereocenters. The van der Waals surface area contributed by atoms with Gasteiger partial charge in [0.1, 0.15) is 6.61 Å². The lowest BCUT2D eigenvalue weighted by atomic mass is 9.92. The summed E-state index contributed by atoms with van der Waals surface area (Å²) >= 11 is 0. The van der Waals surface area contributed by atoms with Gasteiger partial charge in [-0.05, 0) is 49.9 Å². The molecule has 0 aliphatic carbocycles. The lowest BCUT2D eigenvalue weighted by molar-refractivity contribution is -0.139. The van der Waals surface area contributed by atoms with Gasteiger partial charge in [0.05, 0.1) is 6.61 Å². The van der Waals surface area contributed by atoms with Crippen LogP contribution in [0.1, 0.15) is 36.8 Å². The molecule has 2 aliphatic rings. The summed E-state index contributed by atoms with van der Waals surface area (Å²) in [5.74, 6) is 0.466. The first kappa shape index (κ1) is 24.4. The van der Waals surface area contributed by atoms with Crippen LogP contribution in [0, 0.1) is 5.92 Å². The van der Waals surface area contributed by atoms with E-state index in [1.165, 1.54) is 5.56 Å². The van der Waals surface area contributed by atoms with E-state index in [2.05, 4.69) is 17.0 Å². The molecule has 4 rings (SSSR count). The minimum Gasteiger partial charge on any atom is -0.367 e. The standard InChI is InChI=1S/C28H37N3O3/c1-29(20-23-8-4-2-5-9-23)28(33)25-12-16-30(17-13-25)26-14-18-31(19-15-26)27(32)22-34-21-24-10-6-3-7-11-24/h2-11,25-26H,12-22H2,1H3. The van der Waals surface area contributed by atoms with E-state index < -0.39 is 0 Å². The Morgan fingerprint density at radius 2 is 1.44 bits per heavy atom. The van der Waals surface area contributed by atoms with Gasteiger partial charge in [-0.15, -0.1) is 0 Å². The summed E-state index contributed by atoms with van der Waals surface area (Å²) in [6, 6.07) is 20.6. The lowest BCUT2D eigenvalue weighted by Gasteiger charge is -2.42. The molecule has 0 bridgehead atoms. The zero-order valence-corrected chi connectivity index (χ0v) is 20.3. The summed E-state index contributed by atoms with van der Waals surface area (Å²) in [7, 11) is 1.91. The molecule has 2 amide bonds. The van der Waals surface area contributed by atoms with Crippen LogP contribution < -0.4 is 0 Å². The first-order valence-corrected chi connectivity index (χ1v) is 12.5. The van der Waals surface area contributed by atoms with E-state index in [0.29, 0.717) is 19.2 Å². The van der Waals surface area contributed by atoms with E-state index in [0.717, 1.165) is 57.4 Å². The zero-order valence-electron chi connectivity index (χ0n) is 20.3. The maximum Gasteiger partial charge on any atom is 0.248 e. The van der Waals surface area contributed by atoms with Gasteiger partial charge in [0.25, 0.3) is 0 Å². The van der Waals surface area contributed by atoms with E-state index in [9.17, 15) is 9.59 Å². The molecule has 6 heteroatoms. The van der Waals surface area contributed by atoms with Gasteiger partial charge in [-0.3, -0.25) is 9.59 Å². The van der Waals surface area contributed by atoms with Crippen molar-refractivity contribution in [1.82, 2.24) is 14.7 Å². The van der Waals surface area contributed by atoms with E-state index in [1.807, 2.05) is 65.4 Å². The number of amides is 2. The Kier molecular flexibility index (Phi) is 8.72. The van der Waals surface area contributed by atoms with Gasteiger partial charge in [-0.25, -0.2) is 0 Å². The molecule has 2 aromatic rings. The highest BCUT2D eigenvalue weighted by atomic mass is 16.5. The van der Waals surface area contributed by atoms with Crippen molar-refractivity contribution in [3.63, 3.8) is 0 Å². The summed E-state index contributed by atoms with van der Waals surface area (Å²) < 4.78 is 5.63. The van der Waals surface area contributed by atoms with Crippen LogP contribution in [0.25, 0.3) is 0 Å². The Labute approximate surface area is 203 Å². The smallest absolute Gasteiger partial charge is 0.248 e. The van der Waals surface area contributed by atoms with Crippen LogP contribution in [-0.2, 0) is 27.5 Å². The molecule has 2 heterocycles. The number of piperidine rings is 2. The average Bonchev–Trinajstić information content (AvgIpc) is 2.89. The van der Waals surface area contributed by atoms with Crippen LogP contribution >= 0.6 is 0 Å². The third kappa shape index (κ3) is 6.67. The third-order valence-electron chi connectivity index (χ3n) is 7.19. The quantitative estimate of drug-likeness (QED) is 0.601. The van der Waals surface area contributed by atoms with Crippen LogP contribution in [0.2, 0.25) is 0 Å². The van der Waals surface area contributed by atoms with E-state index in [4.69, 9.17) is 4.74 Å². The van der Waals surface area contributed by atoms with E-state index >= 15 is 0 Å². The SMILES string of the molecule is CN(Cc1ccccc1)C(=O)C1CCN(C2CCN(C(=O)COCc3ccccc3)CC2)CC1. The largest absolute Gasteiger partial charge is 0.367 e. The fourth-order valence-corrected chi connectivity index (χ4v) is 5.16. The highest BCUT2D eigenvalue weighted by molar-refractivity contribution is 5.78. The molecule has 0 aromatic heterocycles. The van der Waals surface area contributed by atoms with Gasteiger partial charge in [0, 0.05) is 38.6 Å². The van der Waals surface area contributed by atoms with Crippen molar-refractivity contribution in [3.8, 4) is 0 Å². The zero-order chi connectivity index (χ0) is 23.8. The van der Waals surface area contributed by atoms with Crippen LogP contribution in [0.5, 0.6) is 0 Å². The Morgan fingerprint density at radius 3 is 2.06 bits per heavy atom. The Bertz CT molecular complexity index is 905. The second-order valence-electron chi connectivity index (χ2n) is 9.58. The van der Waals surface area contributed by atoms with Crippen molar-refractivity contribution in [2.45, 2.75) is 44.9 Å². The molecular formula is C28H37N3O3. The first-order chi connectivity index (χ1) is 16.6. The fraction of sp³-hybridized carbons (Fsp3) is 0.500. The molecular weight excluding hydrogens is 426 g/mol. The van der Waals surface area contributed by atoms with Crippen molar-refractivity contribution in [3.05, 3.63) is 71.8 Å². The molecule has 2 saturated heterocycles. The van der Waals surface area contributed by atoms with Crippen molar-refractivity contribution in [2.24, 2.45) is 5.92 Å². The number of likely N-dealkylation sites (tertiary alicyclic amines) is 2. The molecule has 2 aromatic carbocycles. The van der Waals surface area contributed by atoms with Crippen LogP contribution in [0.15, 0.2) is 60.7 Å². The fourth-order valence-electron chi connectivity index (χ4n) is 5.16. The third-order valence-corrected chi connectivity index (χ3v) is 7.19. The minimum atomic E-state index is 0.0835. The molecule has 182 valence electrons. The summed E-state index contributed by atoms with van der Waals surface area (Å²) in [5.41, 5.74) is 2.25. The molecule has 0 spiro atoms. The predicted molar refractivity (Wildman–Crippen MR) is 133 cm³/mol.